The van der Waals surface area contributed by atoms with E-state index in [4.69, 9.17) is 4.74 Å². The van der Waals surface area contributed by atoms with E-state index in [9.17, 15) is 18.0 Å². The summed E-state index contributed by atoms with van der Waals surface area (Å²) in [5, 5.41) is 0.858. The van der Waals surface area contributed by atoms with Gasteiger partial charge in [-0.05, 0) is 43.5 Å². The van der Waals surface area contributed by atoms with Crippen molar-refractivity contribution in [3.05, 3.63) is 65.4 Å². The normalized spacial score (nSPS) is 24.8. The molecule has 2 aromatic carbocycles. The molecule has 1 spiro atoms. The zero-order valence-corrected chi connectivity index (χ0v) is 18.4. The van der Waals surface area contributed by atoms with Gasteiger partial charge in [0.05, 0.1) is 22.5 Å². The van der Waals surface area contributed by atoms with Crippen molar-refractivity contribution >= 4 is 32.8 Å². The molecule has 3 aromatic rings. The Morgan fingerprint density at radius 2 is 1.75 bits per heavy atom. The van der Waals surface area contributed by atoms with Crippen LogP contribution in [0.1, 0.15) is 42.1 Å². The van der Waals surface area contributed by atoms with Crippen LogP contribution in [0.25, 0.3) is 10.9 Å². The highest BCUT2D eigenvalue weighted by atomic mass is 32.2. The third-order valence-electron chi connectivity index (χ3n) is 7.05. The molecule has 0 radical (unpaired) electrons. The molecule has 1 aromatic heterocycles. The predicted octanol–water partition coefficient (Wildman–Crippen LogP) is 3.09. The summed E-state index contributed by atoms with van der Waals surface area (Å²) in [6.45, 7) is 2.39. The van der Waals surface area contributed by atoms with E-state index in [-0.39, 0.29) is 23.2 Å². The summed E-state index contributed by atoms with van der Waals surface area (Å²) in [5.41, 5.74) is 2.15. The van der Waals surface area contributed by atoms with Crippen LogP contribution in [0.3, 0.4) is 0 Å². The molecule has 2 atom stereocenters. The molecule has 2 fully saturated rings. The largest absolute Gasteiger partial charge is 0.456 e. The van der Waals surface area contributed by atoms with Crippen molar-refractivity contribution in [2.75, 3.05) is 6.54 Å². The van der Waals surface area contributed by atoms with E-state index in [1.165, 1.54) is 3.97 Å². The summed E-state index contributed by atoms with van der Waals surface area (Å²) < 4.78 is 35.0. The van der Waals surface area contributed by atoms with Gasteiger partial charge in [-0.1, -0.05) is 35.9 Å². The molecule has 0 unspecified atom stereocenters. The molecule has 2 saturated heterocycles. The number of hydrogen-bond donors (Lipinski definition) is 0. The Morgan fingerprint density at radius 3 is 2.47 bits per heavy atom. The average molecular weight is 451 g/mol. The number of carbonyl (C=O) groups excluding carboxylic acids is 2. The molecule has 3 aliphatic heterocycles. The van der Waals surface area contributed by atoms with E-state index in [1.54, 1.807) is 35.2 Å². The number of carbonyl (C=O) groups is 2. The summed E-state index contributed by atoms with van der Waals surface area (Å²) in [6.07, 6.45) is 1.44. The van der Waals surface area contributed by atoms with Crippen molar-refractivity contribution in [2.45, 2.75) is 49.1 Å². The van der Waals surface area contributed by atoms with Gasteiger partial charge in [-0.15, -0.1) is 0 Å². The van der Waals surface area contributed by atoms with E-state index < -0.39 is 21.7 Å². The lowest BCUT2D eigenvalue weighted by Crippen LogP contribution is -2.63. The van der Waals surface area contributed by atoms with E-state index in [2.05, 4.69) is 0 Å². The molecule has 4 heterocycles. The summed E-state index contributed by atoms with van der Waals surface area (Å²) >= 11 is 0. The quantitative estimate of drug-likeness (QED) is 0.560. The minimum Gasteiger partial charge on any atom is -0.456 e. The number of ether oxygens (including phenoxy) is 1. The fraction of sp³-hybridized carbons (Fsp3) is 0.333. The lowest BCUT2D eigenvalue weighted by Gasteiger charge is -2.54. The van der Waals surface area contributed by atoms with E-state index in [0.717, 1.165) is 16.5 Å². The van der Waals surface area contributed by atoms with Crippen molar-refractivity contribution in [2.24, 2.45) is 0 Å². The molecule has 0 saturated carbocycles. The standard InChI is InChI=1S/C24H22N2O5S/c1-15-6-8-16(9-7-15)32(29,30)26-19-5-3-2-4-17(19)18-11-13-25-20(27)10-12-24(14-21(28)31-24)23(25)22(18)26/h2-9,23H,10-14H2,1H3/t23-,24-/m1/s1. The Hall–Kier alpha value is -3.13. The van der Waals surface area contributed by atoms with Crippen molar-refractivity contribution < 1.29 is 22.7 Å². The van der Waals surface area contributed by atoms with E-state index in [1.807, 2.05) is 25.1 Å². The number of aryl methyl sites for hydroxylation is 1. The van der Waals surface area contributed by atoms with Crippen LogP contribution in [0.15, 0.2) is 53.4 Å². The minimum atomic E-state index is -3.96. The molecule has 0 bridgehead atoms. The van der Waals surface area contributed by atoms with E-state index in [0.29, 0.717) is 37.0 Å². The van der Waals surface area contributed by atoms with Crippen LogP contribution in [0.4, 0.5) is 0 Å². The highest BCUT2D eigenvalue weighted by Crippen LogP contribution is 2.53. The molecule has 32 heavy (non-hydrogen) atoms. The molecule has 0 aliphatic carbocycles. The van der Waals surface area contributed by atoms with Crippen LogP contribution in [-0.2, 0) is 30.8 Å². The molecule has 164 valence electrons. The third kappa shape index (κ3) is 2.50. The number of para-hydroxylation sites is 1. The number of benzene rings is 2. The summed E-state index contributed by atoms with van der Waals surface area (Å²) in [4.78, 5) is 26.7. The van der Waals surface area contributed by atoms with Gasteiger partial charge in [-0.2, -0.15) is 0 Å². The molecule has 6 rings (SSSR count). The number of nitrogens with zero attached hydrogens (tertiary/aromatic N) is 2. The van der Waals surface area contributed by atoms with Crippen molar-refractivity contribution in [1.82, 2.24) is 8.87 Å². The number of amides is 1. The van der Waals surface area contributed by atoms with Gasteiger partial charge in [0.25, 0.3) is 10.0 Å². The zero-order valence-electron chi connectivity index (χ0n) is 17.6. The lowest BCUT2D eigenvalue weighted by molar-refractivity contribution is -0.217. The first kappa shape index (κ1) is 19.5. The Balaban J connectivity index is 1.66. The number of esters is 1. The first-order valence-electron chi connectivity index (χ1n) is 10.8. The van der Waals surface area contributed by atoms with Crippen LogP contribution in [-0.4, -0.2) is 41.3 Å². The van der Waals surface area contributed by atoms with Crippen LogP contribution >= 0.6 is 0 Å². The molecule has 7 nitrogen and oxygen atoms in total. The van der Waals surface area contributed by atoms with Gasteiger partial charge in [0.1, 0.15) is 11.6 Å². The monoisotopic (exact) mass is 450 g/mol. The van der Waals surface area contributed by atoms with Gasteiger partial charge < -0.3 is 9.64 Å². The van der Waals surface area contributed by atoms with Crippen LogP contribution < -0.4 is 0 Å². The first-order valence-corrected chi connectivity index (χ1v) is 12.2. The maximum absolute atomic E-state index is 14.0. The number of fused-ring (bicyclic) bond motifs is 6. The van der Waals surface area contributed by atoms with E-state index >= 15 is 0 Å². The maximum Gasteiger partial charge on any atom is 0.310 e. The second kappa shape index (κ2) is 6.45. The zero-order chi connectivity index (χ0) is 22.3. The smallest absolute Gasteiger partial charge is 0.310 e. The average Bonchev–Trinajstić information content (AvgIpc) is 3.10. The molecule has 8 heteroatoms. The SMILES string of the molecule is Cc1ccc(S(=O)(=O)n2c3c(c4ccccc42)CCN2C(=O)CC[C@@]4(CC(=O)O4)[C@@H]32)cc1. The highest BCUT2D eigenvalue weighted by molar-refractivity contribution is 7.90. The number of aromatic nitrogens is 1. The highest BCUT2D eigenvalue weighted by Gasteiger charge is 2.60. The summed E-state index contributed by atoms with van der Waals surface area (Å²) in [7, 11) is -3.96. The van der Waals surface area contributed by atoms with Crippen LogP contribution in [0, 0.1) is 6.92 Å². The molecule has 3 aliphatic rings. The second-order valence-corrected chi connectivity index (χ2v) is 10.7. The van der Waals surface area contributed by atoms with Gasteiger partial charge in [0, 0.05) is 18.4 Å². The topological polar surface area (TPSA) is 85.7 Å². The Bertz CT molecular complexity index is 1400. The van der Waals surface area contributed by atoms with Crippen molar-refractivity contribution in [1.29, 1.82) is 0 Å². The Morgan fingerprint density at radius 1 is 1.03 bits per heavy atom. The molecular weight excluding hydrogens is 428 g/mol. The summed E-state index contributed by atoms with van der Waals surface area (Å²) in [6, 6.07) is 13.6. The van der Waals surface area contributed by atoms with Crippen LogP contribution in [0.2, 0.25) is 0 Å². The summed E-state index contributed by atoms with van der Waals surface area (Å²) in [5.74, 6) is -0.339. The lowest BCUT2D eigenvalue weighted by atomic mass is 9.74. The van der Waals surface area contributed by atoms with Gasteiger partial charge in [0.2, 0.25) is 5.91 Å². The minimum absolute atomic E-state index is 0.0289. The van der Waals surface area contributed by atoms with Gasteiger partial charge in [-0.25, -0.2) is 12.4 Å². The first-order chi connectivity index (χ1) is 15.3. The molecule has 0 N–H and O–H groups in total. The van der Waals surface area contributed by atoms with Gasteiger partial charge >= 0.3 is 5.97 Å². The van der Waals surface area contributed by atoms with Crippen molar-refractivity contribution in [3.8, 4) is 0 Å². The van der Waals surface area contributed by atoms with Gasteiger partial charge in [0.15, 0.2) is 0 Å². The Labute approximate surface area is 185 Å². The molecular formula is C24H22N2O5S. The predicted molar refractivity (Wildman–Crippen MR) is 117 cm³/mol. The number of rotatable bonds is 2. The second-order valence-electron chi connectivity index (χ2n) is 8.92. The third-order valence-corrected chi connectivity index (χ3v) is 8.79. The maximum atomic E-state index is 14.0. The van der Waals surface area contributed by atoms with Crippen LogP contribution in [0.5, 0.6) is 0 Å². The van der Waals surface area contributed by atoms with Gasteiger partial charge in [-0.3, -0.25) is 9.59 Å². The fourth-order valence-electron chi connectivity index (χ4n) is 5.57. The molecule has 1 amide bonds. The number of hydrogen-bond acceptors (Lipinski definition) is 5. The Kier molecular flexibility index (Phi) is 3.94. The van der Waals surface area contributed by atoms with Crippen molar-refractivity contribution in [3.63, 3.8) is 0 Å². The fourth-order valence-corrected chi connectivity index (χ4v) is 7.15. The number of piperidine rings is 1.